The molecule has 0 aliphatic carbocycles. The van der Waals surface area contributed by atoms with Gasteiger partial charge in [-0.3, -0.25) is 14.4 Å². The standard InChI is InChI=1S/C24H38N4O6S/c1-13(2)19(25)22(31)26-17(10-11-35-5)21(30)28-20(14(3)4)23(32)27-18(24(33)34)12-15-6-8-16(29)9-7-15/h6-9,13-14,17-20,29H,10-12,25H2,1-5H3,(H,26,31)(H,27,32)(H,28,30)(H,33,34). The van der Waals surface area contributed by atoms with Gasteiger partial charge < -0.3 is 31.9 Å². The molecule has 4 atom stereocenters. The fraction of sp³-hybridized carbons (Fsp3) is 0.583. The van der Waals surface area contributed by atoms with Gasteiger partial charge in [0.1, 0.15) is 23.9 Å². The lowest BCUT2D eigenvalue weighted by atomic mass is 10.0. The number of hydrogen-bond acceptors (Lipinski definition) is 7. The van der Waals surface area contributed by atoms with Crippen LogP contribution in [0.2, 0.25) is 0 Å². The van der Waals surface area contributed by atoms with Crippen LogP contribution < -0.4 is 21.7 Å². The number of phenolic OH excluding ortho intramolecular Hbond substituents is 1. The minimum atomic E-state index is -1.23. The van der Waals surface area contributed by atoms with Crippen molar-refractivity contribution >= 4 is 35.5 Å². The molecule has 0 aliphatic rings. The predicted octanol–water partition coefficient (Wildman–Crippen LogP) is 0.866. The molecule has 0 saturated heterocycles. The molecule has 1 aromatic carbocycles. The number of carbonyl (C=O) groups excluding carboxylic acids is 3. The van der Waals surface area contributed by atoms with E-state index in [2.05, 4.69) is 16.0 Å². The van der Waals surface area contributed by atoms with Gasteiger partial charge in [-0.1, -0.05) is 39.8 Å². The zero-order valence-corrected chi connectivity index (χ0v) is 21.7. The van der Waals surface area contributed by atoms with Gasteiger partial charge in [-0.25, -0.2) is 4.79 Å². The van der Waals surface area contributed by atoms with Gasteiger partial charge in [-0.05, 0) is 48.0 Å². The zero-order valence-electron chi connectivity index (χ0n) is 20.9. The van der Waals surface area contributed by atoms with Crippen LogP contribution in [0.25, 0.3) is 0 Å². The number of rotatable bonds is 14. The van der Waals surface area contributed by atoms with Gasteiger partial charge in [0.25, 0.3) is 0 Å². The number of phenols is 1. The lowest BCUT2D eigenvalue weighted by molar-refractivity contribution is -0.142. The molecule has 0 heterocycles. The first-order valence-corrected chi connectivity index (χ1v) is 12.9. The number of aliphatic carboxylic acids is 1. The van der Waals surface area contributed by atoms with Crippen LogP contribution in [-0.2, 0) is 25.6 Å². The second kappa shape index (κ2) is 14.6. The molecule has 196 valence electrons. The Morgan fingerprint density at radius 1 is 0.886 bits per heavy atom. The Hall–Kier alpha value is -2.79. The van der Waals surface area contributed by atoms with Crippen LogP contribution in [0.4, 0.5) is 0 Å². The molecule has 0 aromatic heterocycles. The minimum absolute atomic E-state index is 0.000386. The van der Waals surface area contributed by atoms with Crippen LogP contribution in [-0.4, -0.2) is 70.1 Å². The van der Waals surface area contributed by atoms with Gasteiger partial charge in [-0.15, -0.1) is 0 Å². The lowest BCUT2D eigenvalue weighted by Gasteiger charge is -2.27. The summed E-state index contributed by atoms with van der Waals surface area (Å²) in [6, 6.07) is 2.09. The number of nitrogens with one attached hydrogen (secondary N) is 3. The highest BCUT2D eigenvalue weighted by atomic mass is 32.2. The maximum absolute atomic E-state index is 13.0. The number of benzene rings is 1. The average Bonchev–Trinajstić information content (AvgIpc) is 2.79. The van der Waals surface area contributed by atoms with Gasteiger partial charge in [0.05, 0.1) is 6.04 Å². The van der Waals surface area contributed by atoms with Crippen molar-refractivity contribution in [2.75, 3.05) is 12.0 Å². The molecule has 0 radical (unpaired) electrons. The van der Waals surface area contributed by atoms with E-state index in [1.54, 1.807) is 39.8 Å². The quantitative estimate of drug-likeness (QED) is 0.214. The van der Waals surface area contributed by atoms with E-state index in [0.29, 0.717) is 17.7 Å². The fourth-order valence-corrected chi connectivity index (χ4v) is 3.66. The Labute approximate surface area is 210 Å². The van der Waals surface area contributed by atoms with Gasteiger partial charge in [0.2, 0.25) is 17.7 Å². The van der Waals surface area contributed by atoms with Crippen molar-refractivity contribution in [3.8, 4) is 5.75 Å². The van der Waals surface area contributed by atoms with Crippen LogP contribution in [0.15, 0.2) is 24.3 Å². The molecular weight excluding hydrogens is 472 g/mol. The number of aromatic hydroxyl groups is 1. The highest BCUT2D eigenvalue weighted by Gasteiger charge is 2.32. The highest BCUT2D eigenvalue weighted by molar-refractivity contribution is 7.98. The van der Waals surface area contributed by atoms with E-state index < -0.39 is 47.9 Å². The first-order valence-electron chi connectivity index (χ1n) is 11.5. The maximum atomic E-state index is 13.0. The molecule has 4 unspecified atom stereocenters. The number of carboxylic acids is 1. The molecule has 3 amide bonds. The summed E-state index contributed by atoms with van der Waals surface area (Å²) in [5, 5.41) is 26.9. The lowest BCUT2D eigenvalue weighted by Crippen LogP contribution is -2.59. The Kier molecular flexibility index (Phi) is 12.6. The van der Waals surface area contributed by atoms with Gasteiger partial charge in [0.15, 0.2) is 0 Å². The second-order valence-electron chi connectivity index (χ2n) is 9.11. The molecule has 1 rings (SSSR count). The van der Waals surface area contributed by atoms with Crippen molar-refractivity contribution in [1.29, 1.82) is 0 Å². The summed E-state index contributed by atoms with van der Waals surface area (Å²) in [5.74, 6) is -2.69. The summed E-state index contributed by atoms with van der Waals surface area (Å²) in [7, 11) is 0. The Bertz CT molecular complexity index is 862. The summed E-state index contributed by atoms with van der Waals surface area (Å²) >= 11 is 1.51. The van der Waals surface area contributed by atoms with Gasteiger partial charge in [-0.2, -0.15) is 11.8 Å². The minimum Gasteiger partial charge on any atom is -0.508 e. The number of carbonyl (C=O) groups is 4. The van der Waals surface area contributed by atoms with Crippen molar-refractivity contribution in [2.24, 2.45) is 17.6 Å². The Morgan fingerprint density at radius 2 is 1.46 bits per heavy atom. The van der Waals surface area contributed by atoms with Crippen LogP contribution in [0, 0.1) is 11.8 Å². The monoisotopic (exact) mass is 510 g/mol. The summed E-state index contributed by atoms with van der Waals surface area (Å²) in [4.78, 5) is 50.3. The van der Waals surface area contributed by atoms with Gasteiger partial charge >= 0.3 is 5.97 Å². The van der Waals surface area contributed by atoms with Crippen molar-refractivity contribution in [3.63, 3.8) is 0 Å². The molecule has 10 nitrogen and oxygen atoms in total. The molecule has 0 aliphatic heterocycles. The summed E-state index contributed by atoms with van der Waals surface area (Å²) < 4.78 is 0. The van der Waals surface area contributed by atoms with Gasteiger partial charge in [0, 0.05) is 6.42 Å². The smallest absolute Gasteiger partial charge is 0.326 e. The number of hydrogen-bond donors (Lipinski definition) is 6. The van der Waals surface area contributed by atoms with Crippen LogP contribution in [0.5, 0.6) is 5.75 Å². The van der Waals surface area contributed by atoms with Crippen LogP contribution in [0.1, 0.15) is 39.7 Å². The molecule has 0 bridgehead atoms. The molecule has 0 fully saturated rings. The molecule has 0 spiro atoms. The Balaban J connectivity index is 2.96. The third-order valence-electron chi connectivity index (χ3n) is 5.50. The van der Waals surface area contributed by atoms with E-state index in [9.17, 15) is 29.4 Å². The van der Waals surface area contributed by atoms with Crippen LogP contribution >= 0.6 is 11.8 Å². The average molecular weight is 511 g/mol. The summed E-state index contributed by atoms with van der Waals surface area (Å²) in [5.41, 5.74) is 6.52. The largest absolute Gasteiger partial charge is 0.508 e. The van der Waals surface area contributed by atoms with E-state index in [1.165, 1.54) is 23.9 Å². The first kappa shape index (κ1) is 30.2. The van der Waals surface area contributed by atoms with Crippen molar-refractivity contribution in [1.82, 2.24) is 16.0 Å². The van der Waals surface area contributed by atoms with E-state index in [-0.39, 0.29) is 24.0 Å². The van der Waals surface area contributed by atoms with Crippen LogP contribution in [0.3, 0.4) is 0 Å². The normalized spacial score (nSPS) is 14.6. The fourth-order valence-electron chi connectivity index (χ4n) is 3.19. The summed E-state index contributed by atoms with van der Waals surface area (Å²) in [6.07, 6.45) is 2.22. The van der Waals surface area contributed by atoms with Crippen molar-refractivity contribution in [3.05, 3.63) is 29.8 Å². The third-order valence-corrected chi connectivity index (χ3v) is 6.15. The topological polar surface area (TPSA) is 171 Å². The molecular formula is C24H38N4O6S. The van der Waals surface area contributed by atoms with E-state index in [4.69, 9.17) is 5.73 Å². The Morgan fingerprint density at radius 3 is 1.94 bits per heavy atom. The molecule has 35 heavy (non-hydrogen) atoms. The molecule has 0 saturated carbocycles. The molecule has 11 heteroatoms. The second-order valence-corrected chi connectivity index (χ2v) is 10.1. The molecule has 1 aromatic rings. The summed E-state index contributed by atoms with van der Waals surface area (Å²) in [6.45, 7) is 7.06. The maximum Gasteiger partial charge on any atom is 0.326 e. The predicted molar refractivity (Wildman–Crippen MR) is 136 cm³/mol. The first-order chi connectivity index (χ1) is 16.4. The van der Waals surface area contributed by atoms with E-state index in [1.807, 2.05) is 6.26 Å². The SMILES string of the molecule is CSCCC(NC(=O)C(N)C(C)C)C(=O)NC(C(=O)NC(Cc1ccc(O)cc1)C(=O)O)C(C)C. The number of nitrogens with two attached hydrogens (primary N) is 1. The molecule has 7 N–H and O–H groups in total. The number of carboxylic acid groups (broad SMARTS) is 1. The number of amides is 3. The number of thioether (sulfide) groups is 1. The third kappa shape index (κ3) is 10.2. The van der Waals surface area contributed by atoms with Crippen molar-refractivity contribution in [2.45, 2.75) is 64.7 Å². The highest BCUT2D eigenvalue weighted by Crippen LogP contribution is 2.12. The van der Waals surface area contributed by atoms with E-state index >= 15 is 0 Å². The zero-order chi connectivity index (χ0) is 26.7. The van der Waals surface area contributed by atoms with Crippen molar-refractivity contribution < 1.29 is 29.4 Å². The van der Waals surface area contributed by atoms with E-state index in [0.717, 1.165) is 0 Å².